The summed E-state index contributed by atoms with van der Waals surface area (Å²) in [6, 6.07) is 1.38. The maximum Gasteiger partial charge on any atom is 0.303 e. The number of carbonyl (C=O) groups is 1. The minimum Gasteiger partial charge on any atom is -0.481 e. The summed E-state index contributed by atoms with van der Waals surface area (Å²) >= 11 is 0. The topological polar surface area (TPSA) is 40.5 Å². The lowest BCUT2D eigenvalue weighted by molar-refractivity contribution is -0.136. The van der Waals surface area contributed by atoms with Crippen LogP contribution in [0, 0.1) is 0 Å². The summed E-state index contributed by atoms with van der Waals surface area (Å²) in [7, 11) is 0. The van der Waals surface area contributed by atoms with Crippen molar-refractivity contribution in [2.75, 3.05) is 6.54 Å². The molecule has 0 aliphatic carbocycles. The van der Waals surface area contributed by atoms with E-state index < -0.39 is 5.97 Å². The molecule has 3 heteroatoms. The molecule has 0 rings (SSSR count). The first-order chi connectivity index (χ1) is 6.36. The normalized spacial score (nSPS) is 10.4. The quantitative estimate of drug-likeness (QED) is 0.763. The van der Waals surface area contributed by atoms with Gasteiger partial charge in [-0.3, -0.25) is 9.69 Å². The van der Waals surface area contributed by atoms with Crippen molar-refractivity contribution in [2.24, 2.45) is 0 Å². The van der Waals surface area contributed by atoms with Crippen molar-refractivity contribution < 1.29 is 9.90 Å². The Labute approximate surface area is 88.1 Å². The Morgan fingerprint density at radius 3 is 1.43 bits per heavy atom. The molecule has 0 spiro atoms. The molecule has 0 bridgehead atoms. The van der Waals surface area contributed by atoms with E-state index in [-0.39, 0.29) is 6.42 Å². The SMILES string of the molecule is CCC(=O)O.CCN(C(C)C)C(C)C. The monoisotopic (exact) mass is 203 g/mol. The molecule has 0 aromatic carbocycles. The van der Waals surface area contributed by atoms with Crippen LogP contribution in [0.2, 0.25) is 0 Å². The molecule has 0 fully saturated rings. The van der Waals surface area contributed by atoms with Gasteiger partial charge in [0.2, 0.25) is 0 Å². The minimum absolute atomic E-state index is 0.222. The van der Waals surface area contributed by atoms with Gasteiger partial charge in [-0.15, -0.1) is 0 Å². The van der Waals surface area contributed by atoms with Gasteiger partial charge >= 0.3 is 5.97 Å². The van der Waals surface area contributed by atoms with Gasteiger partial charge in [-0.1, -0.05) is 13.8 Å². The Bertz CT molecular complexity index is 136. The highest BCUT2D eigenvalue weighted by atomic mass is 16.4. The third kappa shape index (κ3) is 9.52. The molecular formula is C11H25NO2. The second-order valence-electron chi connectivity index (χ2n) is 3.77. The zero-order valence-electron chi connectivity index (χ0n) is 10.4. The Hall–Kier alpha value is -0.570. The number of hydrogen-bond donors (Lipinski definition) is 1. The van der Waals surface area contributed by atoms with Gasteiger partial charge < -0.3 is 5.11 Å². The van der Waals surface area contributed by atoms with Gasteiger partial charge in [-0.2, -0.15) is 0 Å². The molecule has 0 amide bonds. The average molecular weight is 203 g/mol. The van der Waals surface area contributed by atoms with E-state index in [0.717, 1.165) is 6.54 Å². The highest BCUT2D eigenvalue weighted by molar-refractivity contribution is 5.66. The Morgan fingerprint density at radius 1 is 1.14 bits per heavy atom. The van der Waals surface area contributed by atoms with E-state index in [2.05, 4.69) is 39.5 Å². The summed E-state index contributed by atoms with van der Waals surface area (Å²) in [5.41, 5.74) is 0. The van der Waals surface area contributed by atoms with Crippen molar-refractivity contribution in [1.29, 1.82) is 0 Å². The number of hydrogen-bond acceptors (Lipinski definition) is 2. The fourth-order valence-corrected chi connectivity index (χ4v) is 1.33. The van der Waals surface area contributed by atoms with E-state index in [9.17, 15) is 4.79 Å². The number of aliphatic carboxylic acids is 1. The van der Waals surface area contributed by atoms with E-state index in [1.165, 1.54) is 0 Å². The van der Waals surface area contributed by atoms with Crippen molar-refractivity contribution in [3.05, 3.63) is 0 Å². The van der Waals surface area contributed by atoms with Crippen LogP contribution in [-0.4, -0.2) is 34.6 Å². The minimum atomic E-state index is -0.745. The van der Waals surface area contributed by atoms with Crippen LogP contribution < -0.4 is 0 Å². The van der Waals surface area contributed by atoms with Gasteiger partial charge in [0.1, 0.15) is 0 Å². The third-order valence-corrected chi connectivity index (χ3v) is 1.99. The molecule has 0 saturated carbocycles. The molecular weight excluding hydrogens is 178 g/mol. The molecule has 0 aromatic heterocycles. The van der Waals surface area contributed by atoms with E-state index >= 15 is 0 Å². The summed E-state index contributed by atoms with van der Waals surface area (Å²) in [4.78, 5) is 11.8. The molecule has 0 atom stereocenters. The van der Waals surface area contributed by atoms with Crippen molar-refractivity contribution >= 4 is 5.97 Å². The van der Waals surface area contributed by atoms with Crippen molar-refractivity contribution in [3.63, 3.8) is 0 Å². The summed E-state index contributed by atoms with van der Waals surface area (Å²) in [5, 5.41) is 7.72. The lowest BCUT2D eigenvalue weighted by atomic mass is 10.2. The van der Waals surface area contributed by atoms with Crippen LogP contribution in [0.3, 0.4) is 0 Å². The van der Waals surface area contributed by atoms with Gasteiger partial charge in [0, 0.05) is 18.5 Å². The Kier molecular flexibility index (Phi) is 10.2. The molecule has 0 aliphatic heterocycles. The molecule has 14 heavy (non-hydrogen) atoms. The zero-order chi connectivity index (χ0) is 11.7. The van der Waals surface area contributed by atoms with Crippen LogP contribution in [0.4, 0.5) is 0 Å². The molecule has 3 nitrogen and oxygen atoms in total. The number of carboxylic acid groups (broad SMARTS) is 1. The fraction of sp³-hybridized carbons (Fsp3) is 0.909. The predicted molar refractivity (Wildman–Crippen MR) is 60.6 cm³/mol. The van der Waals surface area contributed by atoms with Crippen LogP contribution in [0.15, 0.2) is 0 Å². The highest BCUT2D eigenvalue weighted by Gasteiger charge is 2.08. The van der Waals surface area contributed by atoms with Crippen LogP contribution in [0.1, 0.15) is 48.0 Å². The molecule has 0 saturated heterocycles. The first-order valence-electron chi connectivity index (χ1n) is 5.34. The van der Waals surface area contributed by atoms with E-state index in [4.69, 9.17) is 5.11 Å². The molecule has 0 aromatic rings. The smallest absolute Gasteiger partial charge is 0.303 e. The van der Waals surface area contributed by atoms with Crippen LogP contribution in [0.25, 0.3) is 0 Å². The Balaban J connectivity index is 0. The van der Waals surface area contributed by atoms with E-state index in [1.807, 2.05) is 0 Å². The van der Waals surface area contributed by atoms with Gasteiger partial charge in [-0.05, 0) is 34.2 Å². The van der Waals surface area contributed by atoms with Crippen LogP contribution in [-0.2, 0) is 4.79 Å². The second kappa shape index (κ2) is 9.00. The van der Waals surface area contributed by atoms with Gasteiger partial charge in [0.05, 0.1) is 0 Å². The summed E-state index contributed by atoms with van der Waals surface area (Å²) in [6.07, 6.45) is 0.222. The Morgan fingerprint density at radius 2 is 1.43 bits per heavy atom. The summed E-state index contributed by atoms with van der Waals surface area (Å²) < 4.78 is 0. The van der Waals surface area contributed by atoms with Gasteiger partial charge in [0.25, 0.3) is 0 Å². The van der Waals surface area contributed by atoms with Crippen molar-refractivity contribution in [2.45, 2.75) is 60.0 Å². The number of nitrogens with zero attached hydrogens (tertiary/aromatic N) is 1. The fourth-order valence-electron chi connectivity index (χ4n) is 1.33. The molecule has 1 N–H and O–H groups in total. The zero-order valence-corrected chi connectivity index (χ0v) is 10.4. The van der Waals surface area contributed by atoms with Gasteiger partial charge in [-0.25, -0.2) is 0 Å². The maximum absolute atomic E-state index is 9.37. The first kappa shape index (κ1) is 15.9. The van der Waals surface area contributed by atoms with Crippen LogP contribution >= 0.6 is 0 Å². The van der Waals surface area contributed by atoms with Crippen molar-refractivity contribution in [3.8, 4) is 0 Å². The first-order valence-corrected chi connectivity index (χ1v) is 5.34. The third-order valence-electron chi connectivity index (χ3n) is 1.99. The van der Waals surface area contributed by atoms with Crippen LogP contribution in [0.5, 0.6) is 0 Å². The molecule has 0 aliphatic rings. The lowest BCUT2D eigenvalue weighted by Gasteiger charge is -2.28. The number of carboxylic acids is 1. The average Bonchev–Trinajstić information content (AvgIpc) is 2.05. The van der Waals surface area contributed by atoms with Crippen molar-refractivity contribution in [1.82, 2.24) is 4.90 Å². The molecule has 86 valence electrons. The van der Waals surface area contributed by atoms with Gasteiger partial charge in [0.15, 0.2) is 0 Å². The van der Waals surface area contributed by atoms with E-state index in [0.29, 0.717) is 12.1 Å². The largest absolute Gasteiger partial charge is 0.481 e. The highest BCUT2D eigenvalue weighted by Crippen LogP contribution is 2.02. The maximum atomic E-state index is 9.37. The molecule has 0 heterocycles. The number of rotatable bonds is 4. The lowest BCUT2D eigenvalue weighted by Crippen LogP contribution is -2.36. The summed E-state index contributed by atoms with van der Waals surface area (Å²) in [6.45, 7) is 13.9. The second-order valence-corrected chi connectivity index (χ2v) is 3.77. The predicted octanol–water partition coefficient (Wildman–Crippen LogP) is 2.61. The molecule has 0 radical (unpaired) electrons. The standard InChI is InChI=1S/C8H19N.C3H6O2/c1-6-9(7(2)3)8(4)5;1-2-3(4)5/h7-8H,6H2,1-5H3;2H2,1H3,(H,4,5). The summed E-state index contributed by atoms with van der Waals surface area (Å²) in [5.74, 6) is -0.745. The molecule has 0 unspecified atom stereocenters. The van der Waals surface area contributed by atoms with E-state index in [1.54, 1.807) is 6.92 Å².